The maximum atomic E-state index is 10.0. The third-order valence-electron chi connectivity index (χ3n) is 1.32. The molecule has 9 nitrogen and oxygen atoms in total. The molecule has 1 atom stereocenters. The van der Waals surface area contributed by atoms with Crippen LogP contribution in [0.15, 0.2) is 0 Å². The molecular weight excluding hydrogens is 264 g/mol. The van der Waals surface area contributed by atoms with Crippen LogP contribution in [-0.4, -0.2) is 88.1 Å². The summed E-state index contributed by atoms with van der Waals surface area (Å²) in [6.07, 6.45) is -1.95. The molecule has 0 bridgehead atoms. The monoisotopic (exact) mass is 286 g/mol. The topological polar surface area (TPSA) is 165 Å². The van der Waals surface area contributed by atoms with Crippen molar-refractivity contribution in [3.63, 3.8) is 0 Å². The van der Waals surface area contributed by atoms with Gasteiger partial charge in [0.25, 0.3) is 0 Å². The number of carbonyl (C=O) groups excluding carboxylic acids is 2. The zero-order valence-electron chi connectivity index (χ0n) is 10.9. The minimum atomic E-state index is -0.995. The highest BCUT2D eigenvalue weighted by Crippen LogP contribution is 1.80. The highest BCUT2D eigenvalue weighted by Gasteiger charge is 2.05. The van der Waals surface area contributed by atoms with Gasteiger partial charge in [0.15, 0.2) is 5.78 Å². The zero-order valence-corrected chi connectivity index (χ0v) is 10.9. The molecule has 1 unspecified atom stereocenters. The number of ketones is 1. The van der Waals surface area contributed by atoms with Crippen molar-refractivity contribution in [3.05, 3.63) is 0 Å². The van der Waals surface area contributed by atoms with Crippen molar-refractivity contribution in [3.8, 4) is 0 Å². The average Bonchev–Trinajstić information content (AvgIpc) is 2.45. The molecule has 0 saturated carbocycles. The van der Waals surface area contributed by atoms with Gasteiger partial charge < -0.3 is 35.4 Å². The van der Waals surface area contributed by atoms with Crippen LogP contribution in [0.5, 0.6) is 0 Å². The second kappa shape index (κ2) is 16.9. The first-order chi connectivity index (χ1) is 8.80. The molecule has 6 N–H and O–H groups in total. The molecule has 19 heavy (non-hydrogen) atoms. The summed E-state index contributed by atoms with van der Waals surface area (Å²) in [4.78, 5) is 19.7. The van der Waals surface area contributed by atoms with Crippen LogP contribution in [0.4, 0.5) is 0 Å². The lowest BCUT2D eigenvalue weighted by Gasteiger charge is -1.97. The Morgan fingerprint density at radius 2 is 1.37 bits per heavy atom. The van der Waals surface area contributed by atoms with E-state index in [1.807, 2.05) is 0 Å². The Balaban J connectivity index is -0.000000203. The normalized spacial score (nSPS) is 10.6. The second-order valence-corrected chi connectivity index (χ2v) is 3.07. The molecule has 0 aliphatic heterocycles. The molecule has 0 amide bonds. The average molecular weight is 286 g/mol. The summed E-state index contributed by atoms with van der Waals surface area (Å²) >= 11 is 0. The van der Waals surface area contributed by atoms with Crippen molar-refractivity contribution in [2.24, 2.45) is 0 Å². The first-order valence-corrected chi connectivity index (χ1v) is 5.19. The predicted octanol–water partition coefficient (Wildman–Crippen LogP) is -3.59. The van der Waals surface area contributed by atoms with Crippen molar-refractivity contribution in [1.82, 2.24) is 0 Å². The van der Waals surface area contributed by atoms with E-state index in [9.17, 15) is 9.59 Å². The molecule has 9 heteroatoms. The zero-order chi connectivity index (χ0) is 15.8. The largest absolute Gasteiger partial charge is 0.467 e. The molecule has 0 fully saturated rings. The van der Waals surface area contributed by atoms with E-state index in [0.717, 1.165) is 0 Å². The number of aliphatic hydroxyl groups is 6. The Labute approximate surface area is 110 Å². The van der Waals surface area contributed by atoms with Crippen LogP contribution >= 0.6 is 0 Å². The van der Waals surface area contributed by atoms with Crippen molar-refractivity contribution in [2.45, 2.75) is 19.1 Å². The summed E-state index contributed by atoms with van der Waals surface area (Å²) in [5.41, 5.74) is 0. The van der Waals surface area contributed by atoms with Crippen molar-refractivity contribution in [2.75, 3.05) is 33.5 Å². The van der Waals surface area contributed by atoms with E-state index in [0.29, 0.717) is 0 Å². The molecule has 0 radical (unpaired) electrons. The number of esters is 1. The highest BCUT2D eigenvalue weighted by molar-refractivity contribution is 5.80. The van der Waals surface area contributed by atoms with Crippen LogP contribution in [0.25, 0.3) is 0 Å². The minimum absolute atomic E-state index is 0.365. The van der Waals surface area contributed by atoms with Crippen LogP contribution in [0.2, 0.25) is 0 Å². The van der Waals surface area contributed by atoms with Gasteiger partial charge in [0.05, 0.1) is 20.3 Å². The van der Waals surface area contributed by atoms with E-state index in [1.54, 1.807) is 0 Å². The highest BCUT2D eigenvalue weighted by atomic mass is 16.5. The summed E-state index contributed by atoms with van der Waals surface area (Å²) in [6.45, 7) is -0.494. The third-order valence-corrected chi connectivity index (χ3v) is 1.32. The molecule has 0 aromatic heterocycles. The van der Waals surface area contributed by atoms with Crippen LogP contribution in [0.3, 0.4) is 0 Å². The first-order valence-electron chi connectivity index (χ1n) is 5.19. The van der Waals surface area contributed by atoms with E-state index in [2.05, 4.69) is 4.74 Å². The maximum absolute atomic E-state index is 10.0. The Morgan fingerprint density at radius 3 is 1.37 bits per heavy atom. The number of hydrogen-bond donors (Lipinski definition) is 6. The van der Waals surface area contributed by atoms with Gasteiger partial charge in [0, 0.05) is 0 Å². The lowest BCUT2D eigenvalue weighted by Crippen LogP contribution is -2.16. The van der Waals surface area contributed by atoms with Crippen molar-refractivity contribution >= 4 is 11.8 Å². The Kier molecular flexibility index (Phi) is 20.5. The smallest absolute Gasteiger partial charge is 0.334 e. The van der Waals surface area contributed by atoms with Gasteiger partial charge in [-0.1, -0.05) is 0 Å². The molecule has 0 saturated heterocycles. The van der Waals surface area contributed by atoms with Gasteiger partial charge in [0.2, 0.25) is 0 Å². The van der Waals surface area contributed by atoms with Gasteiger partial charge in [-0.2, -0.15) is 0 Å². The fraction of sp³-hybridized carbons (Fsp3) is 0.800. The van der Waals surface area contributed by atoms with Gasteiger partial charge in [-0.05, 0) is 6.92 Å². The number of Topliss-reactive ketones (excluding diaryl/α,β-unsaturated/α-hetero) is 1. The summed E-state index contributed by atoms with van der Waals surface area (Å²) in [5.74, 6) is -1.14. The Bertz CT molecular complexity index is 207. The van der Waals surface area contributed by atoms with Crippen LogP contribution in [0, 0.1) is 0 Å². The Hall–Kier alpha value is -1.10. The minimum Gasteiger partial charge on any atom is -0.467 e. The van der Waals surface area contributed by atoms with E-state index in [4.69, 9.17) is 30.6 Å². The number of ether oxygens (including phenoxy) is 1. The fourth-order valence-electron chi connectivity index (χ4n) is 0.278. The Morgan fingerprint density at radius 1 is 1.00 bits per heavy atom. The van der Waals surface area contributed by atoms with Gasteiger partial charge in [-0.15, -0.1) is 0 Å². The van der Waals surface area contributed by atoms with Crippen LogP contribution in [-0.2, 0) is 14.3 Å². The van der Waals surface area contributed by atoms with Crippen LogP contribution in [0.1, 0.15) is 6.92 Å². The van der Waals surface area contributed by atoms with Crippen LogP contribution < -0.4 is 0 Å². The van der Waals surface area contributed by atoms with E-state index < -0.39 is 37.2 Å². The number of carbonyl (C=O) groups is 2. The molecule has 0 heterocycles. The van der Waals surface area contributed by atoms with Crippen molar-refractivity contribution < 1.29 is 45.0 Å². The quantitative estimate of drug-likeness (QED) is 0.280. The molecule has 0 aromatic carbocycles. The van der Waals surface area contributed by atoms with E-state index >= 15 is 0 Å². The molecule has 0 aliphatic rings. The second-order valence-electron chi connectivity index (χ2n) is 3.07. The van der Waals surface area contributed by atoms with Crippen molar-refractivity contribution in [1.29, 1.82) is 0 Å². The molecule has 116 valence electrons. The fourth-order valence-corrected chi connectivity index (χ4v) is 0.278. The number of methoxy groups -OCH3 is 1. The summed E-state index contributed by atoms with van der Waals surface area (Å²) in [6, 6.07) is 0. The summed E-state index contributed by atoms with van der Waals surface area (Å²) < 4.78 is 4.12. The van der Waals surface area contributed by atoms with E-state index in [-0.39, 0.29) is 13.2 Å². The maximum Gasteiger partial charge on any atom is 0.334 e. The lowest BCUT2D eigenvalue weighted by atomic mass is 10.4. The summed E-state index contributed by atoms with van der Waals surface area (Å²) in [5, 5.41) is 48.0. The molecule has 0 aromatic rings. The molecule has 0 aliphatic carbocycles. The molecule has 0 spiro atoms. The molecule has 0 rings (SSSR count). The van der Waals surface area contributed by atoms with Gasteiger partial charge >= 0.3 is 5.97 Å². The number of rotatable bonds is 5. The van der Waals surface area contributed by atoms with E-state index in [1.165, 1.54) is 14.0 Å². The number of hydrogen-bond acceptors (Lipinski definition) is 9. The SMILES string of the molecule is COC(=O)C(C)O.O=C(CO)CO.OCC(O)CO. The number of aliphatic hydroxyl groups excluding tert-OH is 6. The standard InChI is InChI=1S/C4H8O3.C3H8O3.C3H6O3/c1-3(5)4(6)7-2;2*4-1-3(6)2-5/h3,5H,1-2H3;3-6H,1-2H2;4-5H,1-2H2. The third kappa shape index (κ3) is 22.5. The van der Waals surface area contributed by atoms with Gasteiger partial charge in [-0.3, -0.25) is 4.79 Å². The predicted molar refractivity (Wildman–Crippen MR) is 63.1 cm³/mol. The van der Waals surface area contributed by atoms with Gasteiger partial charge in [0.1, 0.15) is 25.4 Å². The molecular formula is C10H22O9. The lowest BCUT2D eigenvalue weighted by molar-refractivity contribution is -0.149. The van der Waals surface area contributed by atoms with Gasteiger partial charge in [-0.25, -0.2) is 4.79 Å². The summed E-state index contributed by atoms with van der Waals surface area (Å²) in [7, 11) is 1.23. The first kappa shape index (κ1) is 23.0.